The molecule has 1 atom stereocenters. The number of aliphatic hydroxyl groups is 1. The second kappa shape index (κ2) is 9.73. The minimum Gasteiger partial charge on any atom is -0.497 e. The van der Waals surface area contributed by atoms with Gasteiger partial charge in [-0.1, -0.05) is 12.1 Å². The molecule has 0 aliphatic heterocycles. The number of rotatable bonds is 8. The first kappa shape index (κ1) is 25.4. The van der Waals surface area contributed by atoms with Crippen molar-refractivity contribution >= 4 is 5.91 Å². The molecule has 2 N–H and O–H groups in total. The van der Waals surface area contributed by atoms with Gasteiger partial charge < -0.3 is 15.2 Å². The summed E-state index contributed by atoms with van der Waals surface area (Å²) in [5.74, 6) is -6.51. The number of methoxy groups -OCH3 is 1. The Bertz CT molecular complexity index is 1370. The molecule has 1 heterocycles. The van der Waals surface area contributed by atoms with Crippen molar-refractivity contribution in [1.82, 2.24) is 15.1 Å². The summed E-state index contributed by atoms with van der Waals surface area (Å²) in [5.41, 5.74) is -1.85. The van der Waals surface area contributed by atoms with Crippen molar-refractivity contribution in [3.05, 3.63) is 86.8 Å². The summed E-state index contributed by atoms with van der Waals surface area (Å²) in [5, 5.41) is 15.6. The van der Waals surface area contributed by atoms with E-state index in [0.29, 0.717) is 5.56 Å². The van der Waals surface area contributed by atoms with Crippen LogP contribution in [0.2, 0.25) is 0 Å². The van der Waals surface area contributed by atoms with Crippen LogP contribution in [0.3, 0.4) is 0 Å². The lowest BCUT2D eigenvalue weighted by atomic mass is 10.00. The van der Waals surface area contributed by atoms with Gasteiger partial charge in [0, 0.05) is 17.7 Å². The number of halogens is 4. The van der Waals surface area contributed by atoms with Gasteiger partial charge in [0.15, 0.2) is 11.5 Å². The van der Waals surface area contributed by atoms with E-state index < -0.39 is 47.2 Å². The quantitative estimate of drug-likeness (QED) is 0.452. The van der Waals surface area contributed by atoms with E-state index in [1.807, 2.05) is 0 Å². The molecule has 36 heavy (non-hydrogen) atoms. The lowest BCUT2D eigenvalue weighted by molar-refractivity contribution is -0.0584. The molecule has 0 spiro atoms. The van der Waals surface area contributed by atoms with Gasteiger partial charge in [-0.15, -0.1) is 0 Å². The molecule has 0 radical (unpaired) electrons. The normalized spacial score (nSPS) is 14.4. The van der Waals surface area contributed by atoms with E-state index in [9.17, 15) is 27.2 Å². The zero-order chi connectivity index (χ0) is 26.2. The van der Waals surface area contributed by atoms with Crippen LogP contribution in [-0.2, 0) is 5.92 Å². The fraction of sp³-hybridized carbons (Fsp3) is 0.320. The number of carbonyl (C=O) groups is 1. The lowest BCUT2D eigenvalue weighted by Crippen LogP contribution is -2.33. The van der Waals surface area contributed by atoms with Crippen molar-refractivity contribution in [2.24, 2.45) is 0 Å². The smallest absolute Gasteiger partial charge is 0.298 e. The highest BCUT2D eigenvalue weighted by molar-refractivity contribution is 5.94. The van der Waals surface area contributed by atoms with Gasteiger partial charge >= 0.3 is 0 Å². The molecule has 0 unspecified atom stereocenters. The van der Waals surface area contributed by atoms with E-state index in [4.69, 9.17) is 9.84 Å². The zero-order valence-electron chi connectivity index (χ0n) is 19.4. The number of alkyl halides is 2. The fourth-order valence-corrected chi connectivity index (χ4v) is 3.91. The predicted molar refractivity (Wildman–Crippen MR) is 122 cm³/mol. The van der Waals surface area contributed by atoms with E-state index in [2.05, 4.69) is 10.4 Å². The molecule has 1 aliphatic rings. The molecule has 1 fully saturated rings. The Labute approximate surface area is 203 Å². The molecule has 7 nitrogen and oxygen atoms in total. The number of carbonyl (C=O) groups excluding carboxylic acids is 1. The third kappa shape index (κ3) is 4.83. The SMILES string of the molecule is COc1ccc(-n2nc(C(=O)N[C@H](C)c3cccc(C(F)(F)CO)c3F)c(C3CC3)cc2=O)c(F)c1. The van der Waals surface area contributed by atoms with Crippen molar-refractivity contribution in [3.63, 3.8) is 0 Å². The molecule has 1 saturated carbocycles. The molecule has 1 aromatic heterocycles. The molecular formula is C25H23F4N3O4. The van der Waals surface area contributed by atoms with Crippen LogP contribution in [0, 0.1) is 11.6 Å². The van der Waals surface area contributed by atoms with Crippen molar-refractivity contribution in [1.29, 1.82) is 0 Å². The number of ether oxygens (including phenoxy) is 1. The highest BCUT2D eigenvalue weighted by Crippen LogP contribution is 2.41. The van der Waals surface area contributed by atoms with Gasteiger partial charge in [-0.25, -0.2) is 8.78 Å². The van der Waals surface area contributed by atoms with Gasteiger partial charge in [0.1, 0.15) is 23.9 Å². The Kier molecular flexibility index (Phi) is 6.85. The Balaban J connectivity index is 1.70. The Morgan fingerprint density at radius 2 is 1.97 bits per heavy atom. The van der Waals surface area contributed by atoms with Crippen molar-refractivity contribution in [2.75, 3.05) is 13.7 Å². The van der Waals surface area contributed by atoms with E-state index in [1.165, 1.54) is 44.4 Å². The number of nitrogens with zero attached hydrogens (tertiary/aromatic N) is 2. The third-order valence-electron chi connectivity index (χ3n) is 6.01. The number of aliphatic hydroxyl groups excluding tert-OH is 1. The van der Waals surface area contributed by atoms with Gasteiger partial charge in [-0.2, -0.15) is 18.6 Å². The summed E-state index contributed by atoms with van der Waals surface area (Å²) in [6.45, 7) is -0.181. The highest BCUT2D eigenvalue weighted by atomic mass is 19.3. The first-order valence-corrected chi connectivity index (χ1v) is 11.1. The van der Waals surface area contributed by atoms with Crippen LogP contribution in [0.25, 0.3) is 5.69 Å². The molecule has 4 rings (SSSR count). The molecule has 190 valence electrons. The number of benzene rings is 2. The molecule has 11 heteroatoms. The average Bonchev–Trinajstić information content (AvgIpc) is 3.69. The Morgan fingerprint density at radius 1 is 1.25 bits per heavy atom. The van der Waals surface area contributed by atoms with E-state index in [-0.39, 0.29) is 28.6 Å². The molecule has 1 amide bonds. The molecule has 0 saturated heterocycles. The van der Waals surface area contributed by atoms with Gasteiger partial charge in [0.25, 0.3) is 17.4 Å². The second-order valence-corrected chi connectivity index (χ2v) is 8.56. The monoisotopic (exact) mass is 505 g/mol. The predicted octanol–water partition coefficient (Wildman–Crippen LogP) is 3.97. The van der Waals surface area contributed by atoms with Crippen LogP contribution in [0.5, 0.6) is 5.75 Å². The lowest BCUT2D eigenvalue weighted by Gasteiger charge is -2.20. The van der Waals surface area contributed by atoms with Crippen LogP contribution >= 0.6 is 0 Å². The molecule has 2 aromatic carbocycles. The maximum absolute atomic E-state index is 14.9. The molecule has 3 aromatic rings. The van der Waals surface area contributed by atoms with Crippen molar-refractivity contribution < 1.29 is 32.2 Å². The minimum absolute atomic E-state index is 0.0834. The van der Waals surface area contributed by atoms with Crippen molar-refractivity contribution in [3.8, 4) is 11.4 Å². The second-order valence-electron chi connectivity index (χ2n) is 8.56. The highest BCUT2D eigenvalue weighted by Gasteiger charge is 2.36. The van der Waals surface area contributed by atoms with Gasteiger partial charge in [0.05, 0.1) is 18.7 Å². The summed E-state index contributed by atoms with van der Waals surface area (Å²) in [6, 6.07) is 7.22. The van der Waals surface area contributed by atoms with Crippen LogP contribution in [-0.4, -0.2) is 34.5 Å². The van der Waals surface area contributed by atoms with Crippen LogP contribution in [0.1, 0.15) is 58.9 Å². The third-order valence-corrected chi connectivity index (χ3v) is 6.01. The van der Waals surface area contributed by atoms with Gasteiger partial charge in [-0.05, 0) is 49.4 Å². The first-order chi connectivity index (χ1) is 17.1. The number of hydrogen-bond donors (Lipinski definition) is 2. The number of amides is 1. The van der Waals surface area contributed by atoms with E-state index in [0.717, 1.165) is 29.7 Å². The number of nitrogens with one attached hydrogen (secondary N) is 1. The summed E-state index contributed by atoms with van der Waals surface area (Å²) in [4.78, 5) is 25.9. The Morgan fingerprint density at radius 3 is 2.58 bits per heavy atom. The van der Waals surface area contributed by atoms with E-state index >= 15 is 0 Å². The number of aromatic nitrogens is 2. The van der Waals surface area contributed by atoms with Gasteiger partial charge in [-0.3, -0.25) is 9.59 Å². The number of hydrogen-bond acceptors (Lipinski definition) is 5. The maximum atomic E-state index is 14.9. The fourth-order valence-electron chi connectivity index (χ4n) is 3.91. The van der Waals surface area contributed by atoms with Crippen LogP contribution in [0.4, 0.5) is 17.6 Å². The molecule has 0 bridgehead atoms. The van der Waals surface area contributed by atoms with E-state index in [1.54, 1.807) is 0 Å². The van der Waals surface area contributed by atoms with Crippen LogP contribution < -0.4 is 15.6 Å². The first-order valence-electron chi connectivity index (χ1n) is 11.1. The van der Waals surface area contributed by atoms with Gasteiger partial charge in [0.2, 0.25) is 0 Å². The summed E-state index contributed by atoms with van der Waals surface area (Å²) in [6.07, 6.45) is 1.45. The zero-order valence-corrected chi connectivity index (χ0v) is 19.4. The summed E-state index contributed by atoms with van der Waals surface area (Å²) < 4.78 is 63.1. The molecular weight excluding hydrogens is 482 g/mol. The maximum Gasteiger partial charge on any atom is 0.298 e. The minimum atomic E-state index is -3.80. The summed E-state index contributed by atoms with van der Waals surface area (Å²) in [7, 11) is 1.36. The standard InChI is InChI=1S/C25H23F4N3O4/c1-13(16-4-3-5-18(22(16)27)25(28,29)12-33)30-24(35)23-17(14-6-7-14)11-21(34)32(31-23)20-9-8-15(36-2)10-19(20)26/h3-5,8-11,13-14,33H,6-7,12H2,1-2H3,(H,30,35)/t13-/m1/s1. The average molecular weight is 505 g/mol. The largest absolute Gasteiger partial charge is 0.497 e. The van der Waals surface area contributed by atoms with Crippen LogP contribution in [0.15, 0.2) is 47.3 Å². The summed E-state index contributed by atoms with van der Waals surface area (Å²) >= 11 is 0. The van der Waals surface area contributed by atoms with Crippen molar-refractivity contribution in [2.45, 2.75) is 37.6 Å². The topological polar surface area (TPSA) is 93.5 Å². The molecule has 1 aliphatic carbocycles. The Hall–Kier alpha value is -3.73.